The highest BCUT2D eigenvalue weighted by atomic mass is 32.2. The lowest BCUT2D eigenvalue weighted by molar-refractivity contribution is -0.120. The number of para-hydroxylation sites is 1. The predicted molar refractivity (Wildman–Crippen MR) is 115 cm³/mol. The van der Waals surface area contributed by atoms with Gasteiger partial charge in [0, 0.05) is 11.7 Å². The average molecular weight is 415 g/mol. The molecule has 28 heavy (non-hydrogen) atoms. The van der Waals surface area contributed by atoms with Crippen LogP contribution >= 0.6 is 23.1 Å². The molecule has 0 saturated carbocycles. The van der Waals surface area contributed by atoms with Gasteiger partial charge in [-0.2, -0.15) is 0 Å². The van der Waals surface area contributed by atoms with Crippen LogP contribution in [-0.2, 0) is 4.79 Å². The van der Waals surface area contributed by atoms with E-state index in [1.54, 1.807) is 0 Å². The summed E-state index contributed by atoms with van der Waals surface area (Å²) >= 11 is 2.82. The maximum atomic E-state index is 12.0. The zero-order valence-electron chi connectivity index (χ0n) is 15.9. The van der Waals surface area contributed by atoms with Gasteiger partial charge in [0.25, 0.3) is 0 Å². The molecule has 1 aromatic heterocycles. The second-order valence-electron chi connectivity index (χ2n) is 6.36. The highest BCUT2D eigenvalue weighted by Gasteiger charge is 2.17. The fourth-order valence-corrected chi connectivity index (χ4v) is 4.19. The fourth-order valence-electron chi connectivity index (χ4n) is 2.27. The first-order chi connectivity index (χ1) is 13.5. The lowest BCUT2D eigenvalue weighted by Crippen LogP contribution is -2.35. The van der Waals surface area contributed by atoms with Crippen LogP contribution in [0.2, 0.25) is 0 Å². The standard InChI is InChI=1S/C20H22N4O2S2/c1-13(2)21-18(25)14(3)27-20-24-23-19(28-20)22-15-9-11-17(12-10-15)26-16-7-5-4-6-8-16/h4-14H,1-3H3,(H,21,25)(H,22,23). The third-order valence-electron chi connectivity index (χ3n) is 3.57. The minimum atomic E-state index is -0.224. The van der Waals surface area contributed by atoms with Crippen molar-refractivity contribution in [2.24, 2.45) is 0 Å². The molecule has 8 heteroatoms. The number of carbonyl (C=O) groups is 1. The molecule has 2 aromatic carbocycles. The topological polar surface area (TPSA) is 76.1 Å². The van der Waals surface area contributed by atoms with Gasteiger partial charge in [-0.05, 0) is 57.2 Å². The molecule has 1 heterocycles. The van der Waals surface area contributed by atoms with Gasteiger partial charge in [0.2, 0.25) is 11.0 Å². The van der Waals surface area contributed by atoms with Gasteiger partial charge in [0.05, 0.1) is 5.25 Å². The average Bonchev–Trinajstić information content (AvgIpc) is 3.10. The number of nitrogens with one attached hydrogen (secondary N) is 2. The number of amides is 1. The van der Waals surface area contributed by atoms with Gasteiger partial charge >= 0.3 is 0 Å². The second-order valence-corrected chi connectivity index (χ2v) is 8.93. The van der Waals surface area contributed by atoms with Gasteiger partial charge in [0.1, 0.15) is 11.5 Å². The highest BCUT2D eigenvalue weighted by Crippen LogP contribution is 2.31. The van der Waals surface area contributed by atoms with Crippen LogP contribution in [0.4, 0.5) is 10.8 Å². The quantitative estimate of drug-likeness (QED) is 0.501. The Kier molecular flexibility index (Phi) is 6.89. The van der Waals surface area contributed by atoms with Crippen molar-refractivity contribution in [3.63, 3.8) is 0 Å². The number of carbonyl (C=O) groups excluding carboxylic acids is 1. The zero-order valence-corrected chi connectivity index (χ0v) is 17.5. The maximum absolute atomic E-state index is 12.0. The lowest BCUT2D eigenvalue weighted by atomic mass is 10.3. The molecule has 0 radical (unpaired) electrons. The van der Waals surface area contributed by atoms with Crippen LogP contribution in [0.5, 0.6) is 11.5 Å². The molecule has 0 aliphatic carbocycles. The van der Waals surface area contributed by atoms with Crippen molar-refractivity contribution in [3.8, 4) is 11.5 Å². The van der Waals surface area contributed by atoms with Crippen molar-refractivity contribution in [2.75, 3.05) is 5.32 Å². The van der Waals surface area contributed by atoms with Crippen molar-refractivity contribution >= 4 is 39.8 Å². The summed E-state index contributed by atoms with van der Waals surface area (Å²) in [6.45, 7) is 5.75. The number of thioether (sulfide) groups is 1. The molecule has 146 valence electrons. The summed E-state index contributed by atoms with van der Waals surface area (Å²) in [6, 6.07) is 17.4. The molecule has 0 fully saturated rings. The molecule has 3 aromatic rings. The predicted octanol–water partition coefficient (Wildman–Crippen LogP) is 5.08. The number of rotatable bonds is 8. The van der Waals surface area contributed by atoms with Gasteiger partial charge < -0.3 is 15.4 Å². The van der Waals surface area contributed by atoms with Crippen LogP contribution in [0, 0.1) is 0 Å². The van der Waals surface area contributed by atoms with Crippen molar-refractivity contribution < 1.29 is 9.53 Å². The van der Waals surface area contributed by atoms with E-state index in [1.165, 1.54) is 23.1 Å². The summed E-state index contributed by atoms with van der Waals surface area (Å²) in [5.41, 5.74) is 0.888. The third kappa shape index (κ3) is 5.97. The first-order valence-corrected chi connectivity index (χ1v) is 10.6. The molecule has 1 atom stereocenters. The minimum Gasteiger partial charge on any atom is -0.457 e. The SMILES string of the molecule is CC(C)NC(=O)C(C)Sc1nnc(Nc2ccc(Oc3ccccc3)cc2)s1. The van der Waals surface area contributed by atoms with E-state index in [9.17, 15) is 4.79 Å². The van der Waals surface area contributed by atoms with E-state index < -0.39 is 0 Å². The summed E-state index contributed by atoms with van der Waals surface area (Å²) in [4.78, 5) is 12.0. The van der Waals surface area contributed by atoms with Crippen LogP contribution < -0.4 is 15.4 Å². The van der Waals surface area contributed by atoms with Crippen LogP contribution in [0.3, 0.4) is 0 Å². The van der Waals surface area contributed by atoms with Crippen molar-refractivity contribution in [1.82, 2.24) is 15.5 Å². The highest BCUT2D eigenvalue weighted by molar-refractivity contribution is 8.02. The molecule has 0 bridgehead atoms. The van der Waals surface area contributed by atoms with Crippen LogP contribution in [0.25, 0.3) is 0 Å². The molecule has 0 saturated heterocycles. The first-order valence-electron chi connectivity index (χ1n) is 8.90. The van der Waals surface area contributed by atoms with Gasteiger partial charge in [-0.1, -0.05) is 41.3 Å². The monoisotopic (exact) mass is 414 g/mol. The Labute approximate surface area is 172 Å². The number of ether oxygens (including phenoxy) is 1. The Balaban J connectivity index is 1.55. The van der Waals surface area contributed by atoms with E-state index >= 15 is 0 Å². The van der Waals surface area contributed by atoms with Crippen LogP contribution in [0.1, 0.15) is 20.8 Å². The molecular formula is C20H22N4O2S2. The van der Waals surface area contributed by atoms with Crippen LogP contribution in [-0.4, -0.2) is 27.4 Å². The third-order valence-corrected chi connectivity index (χ3v) is 5.59. The smallest absolute Gasteiger partial charge is 0.233 e. The molecule has 1 amide bonds. The van der Waals surface area contributed by atoms with Crippen LogP contribution in [0.15, 0.2) is 58.9 Å². The Hall–Kier alpha value is -2.58. The van der Waals surface area contributed by atoms with E-state index in [-0.39, 0.29) is 17.2 Å². The van der Waals surface area contributed by atoms with E-state index in [0.29, 0.717) is 5.13 Å². The number of hydrogen-bond acceptors (Lipinski definition) is 7. The molecule has 6 nitrogen and oxygen atoms in total. The first kappa shape index (κ1) is 20.2. The maximum Gasteiger partial charge on any atom is 0.233 e. The number of aromatic nitrogens is 2. The molecule has 0 aliphatic heterocycles. The minimum absolute atomic E-state index is 0.00119. The number of nitrogens with zero attached hydrogens (tertiary/aromatic N) is 2. The Bertz CT molecular complexity index is 898. The van der Waals surface area contributed by atoms with E-state index in [1.807, 2.05) is 75.4 Å². The molecule has 0 aliphatic rings. The summed E-state index contributed by atoms with van der Waals surface area (Å²) in [7, 11) is 0. The van der Waals surface area contributed by atoms with Gasteiger partial charge in [-0.25, -0.2) is 0 Å². The molecule has 0 spiro atoms. The Morgan fingerprint density at radius 1 is 1.00 bits per heavy atom. The lowest BCUT2D eigenvalue weighted by Gasteiger charge is -2.12. The van der Waals surface area contributed by atoms with Crippen molar-refractivity contribution in [3.05, 3.63) is 54.6 Å². The fraction of sp³-hybridized carbons (Fsp3) is 0.250. The van der Waals surface area contributed by atoms with Crippen molar-refractivity contribution in [1.29, 1.82) is 0 Å². The van der Waals surface area contributed by atoms with E-state index in [2.05, 4.69) is 20.8 Å². The molecular weight excluding hydrogens is 392 g/mol. The second kappa shape index (κ2) is 9.57. The van der Waals surface area contributed by atoms with E-state index in [4.69, 9.17) is 4.74 Å². The number of benzene rings is 2. The normalized spacial score (nSPS) is 11.9. The molecule has 1 unspecified atom stereocenters. The Morgan fingerprint density at radius 3 is 2.36 bits per heavy atom. The van der Waals surface area contributed by atoms with Crippen molar-refractivity contribution in [2.45, 2.75) is 36.4 Å². The zero-order chi connectivity index (χ0) is 19.9. The molecule has 2 N–H and O–H groups in total. The van der Waals surface area contributed by atoms with E-state index in [0.717, 1.165) is 21.5 Å². The van der Waals surface area contributed by atoms with Gasteiger partial charge in [0.15, 0.2) is 4.34 Å². The largest absolute Gasteiger partial charge is 0.457 e. The number of hydrogen-bond donors (Lipinski definition) is 2. The van der Waals surface area contributed by atoms with Gasteiger partial charge in [-0.3, -0.25) is 4.79 Å². The Morgan fingerprint density at radius 2 is 1.68 bits per heavy atom. The summed E-state index contributed by atoms with van der Waals surface area (Å²) in [5, 5.41) is 14.9. The summed E-state index contributed by atoms with van der Waals surface area (Å²) in [5.74, 6) is 1.55. The van der Waals surface area contributed by atoms with Gasteiger partial charge in [-0.15, -0.1) is 10.2 Å². The summed E-state index contributed by atoms with van der Waals surface area (Å²) < 4.78 is 6.53. The molecule has 3 rings (SSSR count). The summed E-state index contributed by atoms with van der Waals surface area (Å²) in [6.07, 6.45) is 0. The number of anilines is 2.